The lowest BCUT2D eigenvalue weighted by Crippen LogP contribution is -2.42. The van der Waals surface area contributed by atoms with Crippen LogP contribution in [-0.2, 0) is 0 Å². The second-order valence-electron chi connectivity index (χ2n) is 4.31. The fraction of sp³-hybridized carbons (Fsp3) is 0.500. The first-order chi connectivity index (χ1) is 7.72. The van der Waals surface area contributed by atoms with Crippen LogP contribution in [0.2, 0.25) is 5.15 Å². The van der Waals surface area contributed by atoms with E-state index in [9.17, 15) is 15.2 Å². The number of anilines is 1. The first kappa shape index (κ1) is 13.7. The summed E-state index contributed by atoms with van der Waals surface area (Å²) in [6.07, 6.45) is -0.651. The van der Waals surface area contributed by atoms with Crippen molar-refractivity contribution in [3.63, 3.8) is 0 Å². The lowest BCUT2D eigenvalue weighted by Gasteiger charge is -2.29. The van der Waals surface area contributed by atoms with E-state index in [0.717, 1.165) is 0 Å². The van der Waals surface area contributed by atoms with Crippen molar-refractivity contribution in [3.05, 3.63) is 27.4 Å². The van der Waals surface area contributed by atoms with E-state index < -0.39 is 16.6 Å². The summed E-state index contributed by atoms with van der Waals surface area (Å²) < 4.78 is 0. The second-order valence-corrected chi connectivity index (χ2v) is 4.70. The summed E-state index contributed by atoms with van der Waals surface area (Å²) in [5.74, 6) is 0.259. The molecule has 94 valence electrons. The van der Waals surface area contributed by atoms with Crippen molar-refractivity contribution in [1.82, 2.24) is 4.98 Å². The van der Waals surface area contributed by atoms with Gasteiger partial charge in [0.15, 0.2) is 0 Å². The van der Waals surface area contributed by atoms with Crippen LogP contribution in [0.1, 0.15) is 20.8 Å². The fourth-order valence-corrected chi connectivity index (χ4v) is 1.29. The largest absolute Gasteiger partial charge is 0.391 e. The highest BCUT2D eigenvalue weighted by atomic mass is 35.5. The molecule has 17 heavy (non-hydrogen) atoms. The molecule has 7 heteroatoms. The van der Waals surface area contributed by atoms with E-state index >= 15 is 0 Å². The van der Waals surface area contributed by atoms with Crippen LogP contribution in [0.3, 0.4) is 0 Å². The van der Waals surface area contributed by atoms with E-state index in [1.54, 1.807) is 20.8 Å². The number of aromatic nitrogens is 1. The number of halogens is 1. The third kappa shape index (κ3) is 3.54. The zero-order valence-corrected chi connectivity index (χ0v) is 10.5. The van der Waals surface area contributed by atoms with Crippen molar-refractivity contribution >= 4 is 23.1 Å². The van der Waals surface area contributed by atoms with Gasteiger partial charge in [-0.1, -0.05) is 11.6 Å². The molecule has 1 rings (SSSR count). The van der Waals surface area contributed by atoms with Gasteiger partial charge >= 0.3 is 0 Å². The molecule has 0 aliphatic carbocycles. The van der Waals surface area contributed by atoms with Gasteiger partial charge in [-0.3, -0.25) is 10.1 Å². The Balaban J connectivity index is 3.03. The number of pyridine rings is 1. The van der Waals surface area contributed by atoms with Gasteiger partial charge in [0.2, 0.25) is 0 Å². The van der Waals surface area contributed by atoms with Gasteiger partial charge in [0.05, 0.1) is 28.7 Å². The number of nitrogens with zero attached hydrogens (tertiary/aromatic N) is 2. The first-order valence-electron chi connectivity index (χ1n) is 5.00. The van der Waals surface area contributed by atoms with Crippen molar-refractivity contribution in [3.8, 4) is 0 Å². The summed E-state index contributed by atoms with van der Waals surface area (Å²) in [4.78, 5) is 14.0. The average molecular weight is 260 g/mol. The zero-order chi connectivity index (χ0) is 13.2. The summed E-state index contributed by atoms with van der Waals surface area (Å²) in [6, 6.07) is 2.44. The molecule has 0 aliphatic heterocycles. The Morgan fingerprint density at radius 3 is 2.65 bits per heavy atom. The van der Waals surface area contributed by atoms with Crippen molar-refractivity contribution in [2.24, 2.45) is 0 Å². The summed E-state index contributed by atoms with van der Waals surface area (Å²) in [5, 5.41) is 23.1. The van der Waals surface area contributed by atoms with Crippen molar-refractivity contribution in [2.75, 3.05) is 5.32 Å². The maximum atomic E-state index is 10.6. The van der Waals surface area contributed by atoms with E-state index in [1.807, 2.05) is 0 Å². The number of hydrogen-bond acceptors (Lipinski definition) is 5. The maximum absolute atomic E-state index is 10.6. The Bertz CT molecular complexity index is 435. The van der Waals surface area contributed by atoms with E-state index in [-0.39, 0.29) is 16.7 Å². The van der Waals surface area contributed by atoms with Crippen LogP contribution in [0.15, 0.2) is 12.1 Å². The molecule has 0 bridgehead atoms. The van der Waals surface area contributed by atoms with E-state index in [1.165, 1.54) is 12.1 Å². The SMILES string of the molecule is CC(O)C(C)(C)Nc1cc([N+](=O)[O-])cc(Cl)n1. The number of aliphatic hydroxyl groups excluding tert-OH is 1. The third-order valence-electron chi connectivity index (χ3n) is 2.48. The van der Waals surface area contributed by atoms with Gasteiger partial charge in [0.25, 0.3) is 5.69 Å². The van der Waals surface area contributed by atoms with Crippen LogP contribution >= 0.6 is 11.6 Å². The number of nitrogens with one attached hydrogen (secondary N) is 1. The number of hydrogen-bond donors (Lipinski definition) is 2. The molecule has 2 N–H and O–H groups in total. The predicted molar refractivity (Wildman–Crippen MR) is 65.3 cm³/mol. The Morgan fingerprint density at radius 2 is 2.18 bits per heavy atom. The molecule has 0 fully saturated rings. The van der Waals surface area contributed by atoms with Crippen LogP contribution < -0.4 is 5.32 Å². The molecule has 1 atom stereocenters. The van der Waals surface area contributed by atoms with Crippen LogP contribution in [0.4, 0.5) is 11.5 Å². The molecule has 0 aromatic carbocycles. The minimum absolute atomic E-state index is 0.0306. The van der Waals surface area contributed by atoms with Gasteiger partial charge in [-0.15, -0.1) is 0 Å². The Labute approximate surface area is 104 Å². The molecule has 1 aromatic rings. The minimum Gasteiger partial charge on any atom is -0.391 e. The summed E-state index contributed by atoms with van der Waals surface area (Å²) in [6.45, 7) is 5.13. The Morgan fingerprint density at radius 1 is 1.59 bits per heavy atom. The van der Waals surface area contributed by atoms with Crippen LogP contribution in [0.25, 0.3) is 0 Å². The number of aliphatic hydroxyl groups is 1. The van der Waals surface area contributed by atoms with Gasteiger partial charge < -0.3 is 10.4 Å². The Hall–Kier alpha value is -1.40. The summed E-state index contributed by atoms with van der Waals surface area (Å²) >= 11 is 5.68. The predicted octanol–water partition coefficient (Wildman–Crippen LogP) is 2.21. The molecule has 0 spiro atoms. The molecule has 0 radical (unpaired) electrons. The van der Waals surface area contributed by atoms with Crippen molar-refractivity contribution in [1.29, 1.82) is 0 Å². The number of rotatable bonds is 4. The highest BCUT2D eigenvalue weighted by Gasteiger charge is 2.25. The first-order valence-corrected chi connectivity index (χ1v) is 5.38. The molecule has 0 aliphatic rings. The highest BCUT2D eigenvalue weighted by molar-refractivity contribution is 6.29. The standard InChI is InChI=1S/C10H14ClN3O3/c1-6(15)10(2,3)13-9-5-7(14(16)17)4-8(11)12-9/h4-6,15H,1-3H3,(H,12,13). The molecule has 6 nitrogen and oxygen atoms in total. The molecule has 1 aromatic heterocycles. The van der Waals surface area contributed by atoms with Gasteiger partial charge in [-0.25, -0.2) is 4.98 Å². The quantitative estimate of drug-likeness (QED) is 0.492. The topological polar surface area (TPSA) is 88.3 Å². The number of nitro groups is 1. The lowest BCUT2D eigenvalue weighted by molar-refractivity contribution is -0.384. The normalized spacial score (nSPS) is 13.2. The molecular formula is C10H14ClN3O3. The molecule has 0 amide bonds. The van der Waals surface area contributed by atoms with Crippen LogP contribution in [0, 0.1) is 10.1 Å². The van der Waals surface area contributed by atoms with E-state index in [4.69, 9.17) is 11.6 Å². The molecule has 1 heterocycles. The molecule has 1 unspecified atom stereocenters. The van der Waals surface area contributed by atoms with Crippen molar-refractivity contribution in [2.45, 2.75) is 32.4 Å². The van der Waals surface area contributed by atoms with E-state index in [0.29, 0.717) is 0 Å². The third-order valence-corrected chi connectivity index (χ3v) is 2.68. The van der Waals surface area contributed by atoms with Gasteiger partial charge in [-0.2, -0.15) is 0 Å². The minimum atomic E-state index is -0.661. The lowest BCUT2D eigenvalue weighted by atomic mass is 9.99. The smallest absolute Gasteiger partial charge is 0.276 e. The van der Waals surface area contributed by atoms with Crippen molar-refractivity contribution < 1.29 is 10.0 Å². The molecule has 0 saturated carbocycles. The van der Waals surface area contributed by atoms with Crippen LogP contribution in [-0.4, -0.2) is 26.7 Å². The summed E-state index contributed by atoms with van der Waals surface area (Å²) in [7, 11) is 0. The van der Waals surface area contributed by atoms with Crippen LogP contribution in [0.5, 0.6) is 0 Å². The fourth-order valence-electron chi connectivity index (χ4n) is 1.09. The molecular weight excluding hydrogens is 246 g/mol. The summed E-state index contributed by atoms with van der Waals surface area (Å²) in [5.41, 5.74) is -0.806. The zero-order valence-electron chi connectivity index (χ0n) is 9.77. The average Bonchev–Trinajstić information content (AvgIpc) is 2.15. The van der Waals surface area contributed by atoms with Gasteiger partial charge in [0.1, 0.15) is 11.0 Å². The maximum Gasteiger partial charge on any atom is 0.276 e. The monoisotopic (exact) mass is 259 g/mol. The van der Waals surface area contributed by atoms with E-state index in [2.05, 4.69) is 10.3 Å². The molecule has 0 saturated heterocycles. The van der Waals surface area contributed by atoms with Gasteiger partial charge in [0, 0.05) is 0 Å². The van der Waals surface area contributed by atoms with Gasteiger partial charge in [-0.05, 0) is 20.8 Å². The second kappa shape index (κ2) is 4.85. The Kier molecular flexibility index (Phi) is 3.90. The highest BCUT2D eigenvalue weighted by Crippen LogP contribution is 2.23.